The van der Waals surface area contributed by atoms with Gasteiger partial charge in [-0.15, -0.1) is 0 Å². The maximum atomic E-state index is 5.80. The average molecular weight is 330 g/mol. The lowest BCUT2D eigenvalue weighted by molar-refractivity contribution is 0.849. The highest BCUT2D eigenvalue weighted by Crippen LogP contribution is 2.26. The van der Waals surface area contributed by atoms with Crippen molar-refractivity contribution in [3.63, 3.8) is 0 Å². The van der Waals surface area contributed by atoms with Gasteiger partial charge in [0.15, 0.2) is 11.5 Å². The number of nitrogen functional groups attached to an aromatic ring is 1. The molecule has 25 heavy (non-hydrogen) atoms. The minimum absolute atomic E-state index is 0.191. The first-order chi connectivity index (χ1) is 12.3. The lowest BCUT2D eigenvalue weighted by Crippen LogP contribution is -2.15. The molecule has 0 aliphatic rings. The number of aromatic amines is 1. The van der Waals surface area contributed by atoms with Crippen LogP contribution in [0.15, 0.2) is 67.0 Å². The van der Waals surface area contributed by atoms with Gasteiger partial charge in [-0.3, -0.25) is 0 Å². The number of H-pyrrole nitrogens is 1. The molecule has 0 atom stereocenters. The van der Waals surface area contributed by atoms with Crippen LogP contribution < -0.4 is 11.1 Å². The fraction of sp³-hybridized carbons (Fsp3) is 0.105. The van der Waals surface area contributed by atoms with Crippen LogP contribution in [-0.4, -0.2) is 26.5 Å². The van der Waals surface area contributed by atoms with Crippen molar-refractivity contribution in [2.24, 2.45) is 0 Å². The number of nitrogens with two attached hydrogens (primary N) is 1. The van der Waals surface area contributed by atoms with Crippen molar-refractivity contribution in [3.8, 4) is 0 Å². The molecule has 0 bridgehead atoms. The van der Waals surface area contributed by atoms with E-state index in [1.54, 1.807) is 6.33 Å². The predicted octanol–water partition coefficient (Wildman–Crippen LogP) is 3.18. The first-order valence-corrected chi connectivity index (χ1v) is 8.11. The molecule has 6 nitrogen and oxygen atoms in total. The summed E-state index contributed by atoms with van der Waals surface area (Å²) >= 11 is 0. The smallest absolute Gasteiger partial charge is 0.224 e. The van der Waals surface area contributed by atoms with E-state index in [2.05, 4.69) is 73.8 Å². The van der Waals surface area contributed by atoms with Gasteiger partial charge in [0.25, 0.3) is 0 Å². The van der Waals surface area contributed by atoms with Gasteiger partial charge >= 0.3 is 0 Å². The van der Waals surface area contributed by atoms with Crippen LogP contribution in [0, 0.1) is 0 Å². The lowest BCUT2D eigenvalue weighted by atomic mass is 9.91. The molecule has 124 valence electrons. The Bertz CT molecular complexity index is 926. The van der Waals surface area contributed by atoms with Crippen LogP contribution in [0.3, 0.4) is 0 Å². The molecule has 4 rings (SSSR count). The molecule has 0 radical (unpaired) electrons. The molecule has 2 aromatic heterocycles. The van der Waals surface area contributed by atoms with Crippen molar-refractivity contribution >= 4 is 22.9 Å². The van der Waals surface area contributed by atoms with Crippen molar-refractivity contribution in [1.82, 2.24) is 19.9 Å². The number of nitrogens with one attached hydrogen (secondary N) is 2. The topological polar surface area (TPSA) is 92.5 Å². The monoisotopic (exact) mass is 330 g/mol. The quantitative estimate of drug-likeness (QED) is 0.522. The highest BCUT2D eigenvalue weighted by molar-refractivity contribution is 5.83. The molecule has 0 aliphatic carbocycles. The van der Waals surface area contributed by atoms with Crippen molar-refractivity contribution in [3.05, 3.63) is 78.1 Å². The molecule has 0 amide bonds. The van der Waals surface area contributed by atoms with E-state index in [1.807, 2.05) is 12.1 Å². The van der Waals surface area contributed by atoms with Crippen LogP contribution in [-0.2, 0) is 0 Å². The van der Waals surface area contributed by atoms with E-state index >= 15 is 0 Å². The van der Waals surface area contributed by atoms with Crippen LogP contribution in [0.25, 0.3) is 11.2 Å². The SMILES string of the molecule is Nc1nc(NCC(c2ccccc2)c2ccccc2)c2[nH]cnc2n1. The van der Waals surface area contributed by atoms with E-state index in [1.165, 1.54) is 11.1 Å². The van der Waals surface area contributed by atoms with Crippen LogP contribution in [0.1, 0.15) is 17.0 Å². The number of anilines is 2. The van der Waals surface area contributed by atoms with E-state index in [9.17, 15) is 0 Å². The largest absolute Gasteiger partial charge is 0.368 e. The summed E-state index contributed by atoms with van der Waals surface area (Å²) in [6, 6.07) is 20.8. The molecule has 0 aliphatic heterocycles. The van der Waals surface area contributed by atoms with Gasteiger partial charge < -0.3 is 16.0 Å². The van der Waals surface area contributed by atoms with E-state index in [0.717, 1.165) is 5.52 Å². The summed E-state index contributed by atoms with van der Waals surface area (Å²) in [5.41, 5.74) is 9.60. The van der Waals surface area contributed by atoms with E-state index in [4.69, 9.17) is 5.73 Å². The van der Waals surface area contributed by atoms with E-state index in [0.29, 0.717) is 18.0 Å². The number of nitrogens with zero attached hydrogens (tertiary/aromatic N) is 3. The summed E-state index contributed by atoms with van der Waals surface area (Å²) in [6.07, 6.45) is 1.59. The lowest BCUT2D eigenvalue weighted by Gasteiger charge is -2.19. The molecule has 4 N–H and O–H groups in total. The average Bonchev–Trinajstić information content (AvgIpc) is 3.12. The maximum absolute atomic E-state index is 5.80. The minimum atomic E-state index is 0.191. The Morgan fingerprint density at radius 2 is 1.56 bits per heavy atom. The molecule has 0 fully saturated rings. The number of imidazole rings is 1. The number of hydrogen-bond acceptors (Lipinski definition) is 5. The number of fused-ring (bicyclic) bond motifs is 1. The molecular weight excluding hydrogens is 312 g/mol. The third-order valence-electron chi connectivity index (χ3n) is 4.18. The van der Waals surface area contributed by atoms with Gasteiger partial charge in [0.2, 0.25) is 5.95 Å². The number of benzene rings is 2. The predicted molar refractivity (Wildman–Crippen MR) is 99.3 cm³/mol. The highest BCUT2D eigenvalue weighted by Gasteiger charge is 2.15. The molecule has 2 heterocycles. The van der Waals surface area contributed by atoms with Crippen molar-refractivity contribution in [2.75, 3.05) is 17.6 Å². The van der Waals surface area contributed by atoms with Crippen molar-refractivity contribution < 1.29 is 0 Å². The van der Waals surface area contributed by atoms with Gasteiger partial charge in [-0.1, -0.05) is 60.7 Å². The van der Waals surface area contributed by atoms with Crippen LogP contribution >= 0.6 is 0 Å². The Labute approximate surface area is 145 Å². The zero-order valence-electron chi connectivity index (χ0n) is 13.6. The molecule has 0 saturated heterocycles. The second-order valence-electron chi connectivity index (χ2n) is 5.79. The third kappa shape index (κ3) is 3.14. The highest BCUT2D eigenvalue weighted by atomic mass is 15.1. The second-order valence-corrected chi connectivity index (χ2v) is 5.79. The van der Waals surface area contributed by atoms with Gasteiger partial charge in [-0.05, 0) is 11.1 Å². The van der Waals surface area contributed by atoms with Gasteiger partial charge in [-0.2, -0.15) is 9.97 Å². The standard InChI is InChI=1S/C19H18N6/c20-19-24-17(16-18(25-19)23-12-22-16)21-11-15(13-7-3-1-4-8-13)14-9-5-2-6-10-14/h1-10,12,15H,11H2,(H4,20,21,22,23,24,25). The van der Waals surface area contributed by atoms with Crippen LogP contribution in [0.2, 0.25) is 0 Å². The van der Waals surface area contributed by atoms with Gasteiger partial charge in [0, 0.05) is 12.5 Å². The fourth-order valence-corrected chi connectivity index (χ4v) is 2.98. The zero-order valence-corrected chi connectivity index (χ0v) is 13.6. The first kappa shape index (κ1) is 15.1. The van der Waals surface area contributed by atoms with E-state index in [-0.39, 0.29) is 11.9 Å². The number of rotatable bonds is 5. The first-order valence-electron chi connectivity index (χ1n) is 8.11. The molecule has 6 heteroatoms. The molecule has 0 saturated carbocycles. The summed E-state index contributed by atoms with van der Waals surface area (Å²) in [7, 11) is 0. The molecular formula is C19H18N6. The fourth-order valence-electron chi connectivity index (χ4n) is 2.98. The third-order valence-corrected chi connectivity index (χ3v) is 4.18. The van der Waals surface area contributed by atoms with Crippen molar-refractivity contribution in [1.29, 1.82) is 0 Å². The van der Waals surface area contributed by atoms with Gasteiger partial charge in [0.1, 0.15) is 5.52 Å². The van der Waals surface area contributed by atoms with Crippen LogP contribution in [0.5, 0.6) is 0 Å². The Kier molecular flexibility index (Phi) is 4.00. The minimum Gasteiger partial charge on any atom is -0.368 e. The number of hydrogen-bond donors (Lipinski definition) is 3. The number of aromatic nitrogens is 4. The summed E-state index contributed by atoms with van der Waals surface area (Å²) < 4.78 is 0. The summed E-state index contributed by atoms with van der Waals surface area (Å²) in [6.45, 7) is 0.679. The molecule has 0 unspecified atom stereocenters. The maximum Gasteiger partial charge on any atom is 0.224 e. The Morgan fingerprint density at radius 1 is 0.920 bits per heavy atom. The summed E-state index contributed by atoms with van der Waals surface area (Å²) in [4.78, 5) is 15.7. The molecule has 0 spiro atoms. The van der Waals surface area contributed by atoms with E-state index < -0.39 is 0 Å². The Balaban J connectivity index is 1.66. The normalized spacial score (nSPS) is 11.1. The second kappa shape index (κ2) is 6.60. The van der Waals surface area contributed by atoms with Gasteiger partial charge in [0.05, 0.1) is 6.33 Å². The van der Waals surface area contributed by atoms with Crippen molar-refractivity contribution in [2.45, 2.75) is 5.92 Å². The summed E-state index contributed by atoms with van der Waals surface area (Å²) in [5, 5.41) is 3.41. The summed E-state index contributed by atoms with van der Waals surface area (Å²) in [5.74, 6) is 1.06. The van der Waals surface area contributed by atoms with Crippen LogP contribution in [0.4, 0.5) is 11.8 Å². The molecule has 2 aromatic carbocycles. The van der Waals surface area contributed by atoms with Gasteiger partial charge in [-0.25, -0.2) is 4.98 Å². The Morgan fingerprint density at radius 3 is 2.20 bits per heavy atom. The Hall–Kier alpha value is -3.41. The zero-order chi connectivity index (χ0) is 17.1. The molecule has 4 aromatic rings.